The van der Waals surface area contributed by atoms with Crippen LogP contribution in [0, 0.1) is 6.92 Å². The first-order valence-corrected chi connectivity index (χ1v) is 7.80. The van der Waals surface area contributed by atoms with E-state index in [-0.39, 0.29) is 18.0 Å². The molecule has 3 aromatic rings. The molecule has 1 N–H and O–H groups in total. The molecule has 0 radical (unpaired) electrons. The van der Waals surface area contributed by atoms with E-state index in [0.717, 1.165) is 17.3 Å². The zero-order chi connectivity index (χ0) is 17.9. The lowest BCUT2D eigenvalue weighted by atomic mass is 9.99. The maximum Gasteiger partial charge on any atom is 0.434 e. The number of hydrogen-bond acceptors (Lipinski definition) is 2. The highest BCUT2D eigenvalue weighted by Gasteiger charge is 2.34. The van der Waals surface area contributed by atoms with E-state index in [9.17, 15) is 18.0 Å². The van der Waals surface area contributed by atoms with Gasteiger partial charge in [0.25, 0.3) is 0 Å². The van der Waals surface area contributed by atoms with Crippen LogP contribution in [0.5, 0.6) is 0 Å². The van der Waals surface area contributed by atoms with E-state index in [1.54, 1.807) is 25.1 Å². The minimum atomic E-state index is -4.52. The average Bonchev–Trinajstić information content (AvgIpc) is 3.09. The van der Waals surface area contributed by atoms with E-state index in [0.29, 0.717) is 21.8 Å². The zero-order valence-corrected chi connectivity index (χ0v) is 13.7. The lowest BCUT2D eigenvalue weighted by Crippen LogP contribution is -2.04. The van der Waals surface area contributed by atoms with Gasteiger partial charge in [-0.1, -0.05) is 11.6 Å². The average molecular weight is 366 g/mol. The summed E-state index contributed by atoms with van der Waals surface area (Å²) in [6.07, 6.45) is -1.84. The van der Waals surface area contributed by atoms with Crippen molar-refractivity contribution in [1.82, 2.24) is 9.38 Å². The summed E-state index contributed by atoms with van der Waals surface area (Å²) in [5, 5.41) is 3.03. The van der Waals surface area contributed by atoms with Gasteiger partial charge in [-0.15, -0.1) is 0 Å². The molecule has 1 aromatic carbocycles. The van der Waals surface area contributed by atoms with E-state index in [1.807, 2.05) is 0 Å². The molecule has 4 nitrogen and oxygen atoms in total. The van der Waals surface area contributed by atoms with Crippen LogP contribution in [0.2, 0.25) is 5.02 Å². The number of nitrogens with zero attached hydrogens (tertiary/aromatic N) is 2. The predicted octanol–water partition coefficient (Wildman–Crippen LogP) is 4.48. The molecule has 0 unspecified atom stereocenters. The number of pyridine rings is 1. The van der Waals surface area contributed by atoms with Crippen LogP contribution in [0.4, 0.5) is 18.9 Å². The third-order valence-corrected chi connectivity index (χ3v) is 4.50. The van der Waals surface area contributed by atoms with Crippen molar-refractivity contribution in [3.05, 3.63) is 52.4 Å². The van der Waals surface area contributed by atoms with Gasteiger partial charge in [-0.05, 0) is 41.8 Å². The molecule has 8 heteroatoms. The number of aryl methyl sites for hydroxylation is 1. The molecule has 25 heavy (non-hydrogen) atoms. The number of carbonyl (C=O) groups is 1. The molecular weight excluding hydrogens is 355 g/mol. The summed E-state index contributed by atoms with van der Waals surface area (Å²) in [5.74, 6) is -0.163. The molecule has 2 aromatic heterocycles. The van der Waals surface area contributed by atoms with Gasteiger partial charge in [0.1, 0.15) is 5.65 Å². The van der Waals surface area contributed by atoms with Crippen molar-refractivity contribution in [3.8, 4) is 11.1 Å². The topological polar surface area (TPSA) is 46.4 Å². The van der Waals surface area contributed by atoms with Crippen LogP contribution >= 0.6 is 11.6 Å². The van der Waals surface area contributed by atoms with Gasteiger partial charge in [-0.25, -0.2) is 4.98 Å². The van der Waals surface area contributed by atoms with E-state index < -0.39 is 11.9 Å². The number of halogens is 4. The molecule has 0 fully saturated rings. The van der Waals surface area contributed by atoms with Gasteiger partial charge in [0.2, 0.25) is 5.91 Å². The molecule has 3 heterocycles. The summed E-state index contributed by atoms with van der Waals surface area (Å²) in [6, 6.07) is 5.12. The second-order valence-corrected chi connectivity index (χ2v) is 6.35. The summed E-state index contributed by atoms with van der Waals surface area (Å²) < 4.78 is 40.4. The highest BCUT2D eigenvalue weighted by Crippen LogP contribution is 2.39. The number of fused-ring (bicyclic) bond motifs is 2. The highest BCUT2D eigenvalue weighted by atomic mass is 35.5. The molecule has 128 valence electrons. The summed E-state index contributed by atoms with van der Waals surface area (Å²) in [5.41, 5.74) is 2.46. The normalized spacial score (nSPS) is 14.0. The predicted molar refractivity (Wildman–Crippen MR) is 87.7 cm³/mol. The minimum absolute atomic E-state index is 0.163. The van der Waals surface area contributed by atoms with Crippen molar-refractivity contribution in [2.75, 3.05) is 5.32 Å². The van der Waals surface area contributed by atoms with Gasteiger partial charge >= 0.3 is 6.18 Å². The number of hydrogen-bond donors (Lipinski definition) is 1. The molecule has 0 spiro atoms. The lowest BCUT2D eigenvalue weighted by molar-refractivity contribution is -0.140. The van der Waals surface area contributed by atoms with Gasteiger partial charge in [-0.3, -0.25) is 4.79 Å². The van der Waals surface area contributed by atoms with Gasteiger partial charge in [-0.2, -0.15) is 13.2 Å². The molecule has 0 saturated carbocycles. The van der Waals surface area contributed by atoms with Crippen molar-refractivity contribution in [1.29, 1.82) is 0 Å². The quantitative estimate of drug-likeness (QED) is 0.691. The SMILES string of the molecule is Cc1ccn2cc(C(F)(F)F)nc2c1-c1cc(Cl)c2c(c1)CC(=O)N2. The minimum Gasteiger partial charge on any atom is -0.324 e. The molecule has 1 amide bonds. The molecule has 0 saturated heterocycles. The Bertz CT molecular complexity index is 1040. The third-order valence-electron chi connectivity index (χ3n) is 4.20. The van der Waals surface area contributed by atoms with E-state index in [4.69, 9.17) is 11.6 Å². The summed E-state index contributed by atoms with van der Waals surface area (Å²) in [6.45, 7) is 1.79. The van der Waals surface area contributed by atoms with E-state index >= 15 is 0 Å². The molecular formula is C17H11ClF3N3O. The molecule has 1 aliphatic rings. The number of nitrogens with one attached hydrogen (secondary N) is 1. The van der Waals surface area contributed by atoms with Crippen LogP contribution in [0.1, 0.15) is 16.8 Å². The molecule has 4 rings (SSSR count). The Morgan fingerprint density at radius 2 is 2.08 bits per heavy atom. The first-order valence-electron chi connectivity index (χ1n) is 7.42. The fraction of sp³-hybridized carbons (Fsp3) is 0.176. The Kier molecular flexibility index (Phi) is 3.34. The fourth-order valence-electron chi connectivity index (χ4n) is 3.08. The van der Waals surface area contributed by atoms with Crippen LogP contribution in [-0.2, 0) is 17.4 Å². The summed E-state index contributed by atoms with van der Waals surface area (Å²) >= 11 is 6.25. The van der Waals surface area contributed by atoms with Crippen LogP contribution in [0.15, 0.2) is 30.6 Å². The van der Waals surface area contributed by atoms with E-state index in [2.05, 4.69) is 10.3 Å². The maximum absolute atomic E-state index is 13.0. The Morgan fingerprint density at radius 3 is 2.80 bits per heavy atom. The zero-order valence-electron chi connectivity index (χ0n) is 12.9. The van der Waals surface area contributed by atoms with Crippen molar-refractivity contribution < 1.29 is 18.0 Å². The third kappa shape index (κ3) is 2.55. The number of alkyl halides is 3. The van der Waals surface area contributed by atoms with E-state index in [1.165, 1.54) is 10.6 Å². The van der Waals surface area contributed by atoms with Crippen molar-refractivity contribution >= 4 is 28.8 Å². The standard InChI is InChI=1S/C17H11ClF3N3O/c1-8-2-3-24-7-12(17(19,20)21)22-16(24)14(8)9-4-10-6-13(25)23-15(10)11(18)5-9/h2-5,7H,6H2,1H3,(H,23,25). The van der Waals surface area contributed by atoms with Crippen LogP contribution in [0.25, 0.3) is 16.8 Å². The van der Waals surface area contributed by atoms with Crippen molar-refractivity contribution in [2.24, 2.45) is 0 Å². The number of imidazole rings is 1. The monoisotopic (exact) mass is 365 g/mol. The first kappa shape index (κ1) is 16.0. The second kappa shape index (κ2) is 5.23. The van der Waals surface area contributed by atoms with Gasteiger partial charge in [0, 0.05) is 18.0 Å². The summed E-state index contributed by atoms with van der Waals surface area (Å²) in [4.78, 5) is 15.4. The lowest BCUT2D eigenvalue weighted by Gasteiger charge is -2.11. The second-order valence-electron chi connectivity index (χ2n) is 5.95. The highest BCUT2D eigenvalue weighted by molar-refractivity contribution is 6.34. The Hall–Kier alpha value is -2.54. The Labute approximate surface area is 145 Å². The Balaban J connectivity index is 1.97. The van der Waals surface area contributed by atoms with Gasteiger partial charge < -0.3 is 9.72 Å². The first-order chi connectivity index (χ1) is 11.7. The van der Waals surface area contributed by atoms with Crippen molar-refractivity contribution in [2.45, 2.75) is 19.5 Å². The smallest absolute Gasteiger partial charge is 0.324 e. The molecule has 0 aliphatic carbocycles. The van der Waals surface area contributed by atoms with Crippen LogP contribution in [0.3, 0.4) is 0 Å². The Morgan fingerprint density at radius 1 is 1.32 bits per heavy atom. The number of aromatic nitrogens is 2. The molecule has 0 atom stereocenters. The van der Waals surface area contributed by atoms with Crippen LogP contribution < -0.4 is 5.32 Å². The summed E-state index contributed by atoms with van der Waals surface area (Å²) in [7, 11) is 0. The number of anilines is 1. The number of benzene rings is 1. The number of carbonyl (C=O) groups excluding carboxylic acids is 1. The molecule has 1 aliphatic heterocycles. The van der Waals surface area contributed by atoms with Gasteiger partial charge in [0.05, 0.1) is 17.1 Å². The fourth-order valence-corrected chi connectivity index (χ4v) is 3.37. The van der Waals surface area contributed by atoms with Gasteiger partial charge in [0.15, 0.2) is 5.69 Å². The van der Waals surface area contributed by atoms with Crippen molar-refractivity contribution in [3.63, 3.8) is 0 Å². The number of rotatable bonds is 1. The molecule has 0 bridgehead atoms. The largest absolute Gasteiger partial charge is 0.434 e. The van der Waals surface area contributed by atoms with Crippen LogP contribution in [-0.4, -0.2) is 15.3 Å². The maximum atomic E-state index is 13.0. The number of amides is 1.